The second-order valence-electron chi connectivity index (χ2n) is 8.03. The molecule has 1 amide bonds. The fourth-order valence-corrected chi connectivity index (χ4v) is 5.81. The number of thiophene rings is 1. The van der Waals surface area contributed by atoms with E-state index in [1.807, 2.05) is 56.3 Å². The van der Waals surface area contributed by atoms with Crippen LogP contribution < -0.4 is 5.32 Å². The molecule has 0 saturated heterocycles. The third-order valence-electron chi connectivity index (χ3n) is 5.85. The molecule has 0 atom stereocenters. The van der Waals surface area contributed by atoms with Gasteiger partial charge in [-0.15, -0.1) is 11.3 Å². The lowest BCUT2D eigenvalue weighted by molar-refractivity contribution is 0.102. The van der Waals surface area contributed by atoms with Crippen LogP contribution in [0.3, 0.4) is 0 Å². The molecule has 0 radical (unpaired) electrons. The van der Waals surface area contributed by atoms with Crippen LogP contribution in [0.4, 0.5) is 5.69 Å². The Kier molecular flexibility index (Phi) is 4.87. The van der Waals surface area contributed by atoms with E-state index in [1.165, 1.54) is 28.7 Å². The van der Waals surface area contributed by atoms with Crippen LogP contribution in [0.1, 0.15) is 44.9 Å². The molecule has 2 aromatic carbocycles. The highest BCUT2D eigenvalue weighted by atomic mass is 32.1. The summed E-state index contributed by atoms with van der Waals surface area (Å²) in [4.78, 5) is 20.9. The zero-order valence-corrected chi connectivity index (χ0v) is 18.1. The fourth-order valence-electron chi connectivity index (χ4n) is 4.49. The smallest absolute Gasteiger partial charge is 0.258 e. The minimum Gasteiger partial charge on any atom is -0.322 e. The lowest BCUT2D eigenvalue weighted by Crippen LogP contribution is -2.16. The van der Waals surface area contributed by atoms with Crippen LogP contribution in [0.5, 0.6) is 0 Å². The van der Waals surface area contributed by atoms with Gasteiger partial charge in [0.2, 0.25) is 0 Å². The van der Waals surface area contributed by atoms with Gasteiger partial charge in [0.05, 0.1) is 11.3 Å². The van der Waals surface area contributed by atoms with Crippen molar-refractivity contribution in [1.29, 1.82) is 0 Å². The summed E-state index contributed by atoms with van der Waals surface area (Å²) in [6.07, 6.45) is 4.62. The molecule has 150 valence electrons. The van der Waals surface area contributed by atoms with Crippen molar-refractivity contribution in [3.05, 3.63) is 81.9 Å². The average molecular weight is 413 g/mol. The first kappa shape index (κ1) is 19.0. The van der Waals surface area contributed by atoms with Crippen LogP contribution in [-0.4, -0.2) is 10.9 Å². The molecule has 0 saturated carbocycles. The normalized spacial score (nSPS) is 13.3. The summed E-state index contributed by atoms with van der Waals surface area (Å²) in [5.41, 5.74) is 6.90. The highest BCUT2D eigenvalue weighted by Crippen LogP contribution is 2.43. The molecule has 5 rings (SSSR count). The fraction of sp³-hybridized carbons (Fsp3) is 0.231. The summed E-state index contributed by atoms with van der Waals surface area (Å²) in [6.45, 7) is 3.98. The molecule has 0 unspecified atom stereocenters. The topological polar surface area (TPSA) is 42.0 Å². The Bertz CT molecular complexity index is 1260. The minimum atomic E-state index is -0.0953. The van der Waals surface area contributed by atoms with Crippen LogP contribution >= 0.6 is 11.3 Å². The largest absolute Gasteiger partial charge is 0.322 e. The van der Waals surface area contributed by atoms with E-state index >= 15 is 0 Å². The summed E-state index contributed by atoms with van der Waals surface area (Å²) in [6, 6.07) is 18.2. The van der Waals surface area contributed by atoms with Crippen molar-refractivity contribution in [2.75, 3.05) is 5.32 Å². The van der Waals surface area contributed by atoms with Gasteiger partial charge in [-0.2, -0.15) is 0 Å². The number of carbonyl (C=O) groups is 1. The second-order valence-corrected chi connectivity index (χ2v) is 9.11. The highest BCUT2D eigenvalue weighted by molar-refractivity contribution is 7.19. The van der Waals surface area contributed by atoms with Crippen molar-refractivity contribution < 1.29 is 4.79 Å². The van der Waals surface area contributed by atoms with Crippen LogP contribution in [-0.2, 0) is 12.8 Å². The Labute approximate surface area is 180 Å². The van der Waals surface area contributed by atoms with E-state index in [2.05, 4.69) is 17.4 Å². The third kappa shape index (κ3) is 3.31. The zero-order chi connectivity index (χ0) is 20.7. The number of amides is 1. The molecule has 0 bridgehead atoms. The van der Waals surface area contributed by atoms with Crippen molar-refractivity contribution in [2.24, 2.45) is 0 Å². The first-order valence-electron chi connectivity index (χ1n) is 10.5. The SMILES string of the molecule is Cc1cccc(NC(=O)c2c(C)nc3sc4c(c3c2-c2ccccc2)CCCC4)c1. The summed E-state index contributed by atoms with van der Waals surface area (Å²) in [5, 5.41) is 4.29. The lowest BCUT2D eigenvalue weighted by atomic mass is 9.89. The molecule has 4 aromatic rings. The van der Waals surface area contributed by atoms with Crippen molar-refractivity contribution in [3.8, 4) is 11.1 Å². The predicted molar refractivity (Wildman–Crippen MR) is 126 cm³/mol. The summed E-state index contributed by atoms with van der Waals surface area (Å²) >= 11 is 1.81. The molecule has 1 aliphatic rings. The van der Waals surface area contributed by atoms with Gasteiger partial charge in [-0.25, -0.2) is 4.98 Å². The molecule has 0 spiro atoms. The van der Waals surface area contributed by atoms with Crippen LogP contribution in [0.25, 0.3) is 21.3 Å². The molecule has 0 aliphatic heterocycles. The van der Waals surface area contributed by atoms with Gasteiger partial charge in [0.25, 0.3) is 5.91 Å². The number of hydrogen-bond acceptors (Lipinski definition) is 3. The summed E-state index contributed by atoms with van der Waals surface area (Å²) < 4.78 is 0. The Morgan fingerprint density at radius 2 is 1.80 bits per heavy atom. The van der Waals surface area contributed by atoms with Gasteiger partial charge in [-0.05, 0) is 68.4 Å². The van der Waals surface area contributed by atoms with Crippen molar-refractivity contribution >= 4 is 33.1 Å². The van der Waals surface area contributed by atoms with Crippen LogP contribution in [0.15, 0.2) is 54.6 Å². The van der Waals surface area contributed by atoms with Crippen LogP contribution in [0, 0.1) is 13.8 Å². The van der Waals surface area contributed by atoms with Crippen LogP contribution in [0.2, 0.25) is 0 Å². The van der Waals surface area contributed by atoms with Gasteiger partial charge in [-0.1, -0.05) is 42.5 Å². The zero-order valence-electron chi connectivity index (χ0n) is 17.3. The van der Waals surface area contributed by atoms with Crippen molar-refractivity contribution in [3.63, 3.8) is 0 Å². The molecular weight excluding hydrogens is 388 g/mol. The highest BCUT2D eigenvalue weighted by Gasteiger charge is 2.26. The number of anilines is 1. The Hall–Kier alpha value is -2.98. The standard InChI is InChI=1S/C26H24N2OS/c1-16-9-8-12-19(15-16)28-25(29)22-17(2)27-26-24(20-13-6-7-14-21(20)30-26)23(22)18-10-4-3-5-11-18/h3-5,8-12,15H,6-7,13-14H2,1-2H3,(H,28,29). The molecule has 4 heteroatoms. The van der Waals surface area contributed by atoms with Gasteiger partial charge in [0.15, 0.2) is 0 Å². The molecule has 0 fully saturated rings. The quantitative estimate of drug-likeness (QED) is 0.406. The maximum atomic E-state index is 13.5. The van der Waals surface area contributed by atoms with E-state index in [0.29, 0.717) is 5.56 Å². The summed E-state index contributed by atoms with van der Waals surface area (Å²) in [5.74, 6) is -0.0953. The molecule has 30 heavy (non-hydrogen) atoms. The van der Waals surface area contributed by atoms with Gasteiger partial charge >= 0.3 is 0 Å². The second kappa shape index (κ2) is 7.69. The van der Waals surface area contributed by atoms with E-state index in [1.54, 1.807) is 11.3 Å². The predicted octanol–water partition coefficient (Wildman–Crippen LogP) is 6.71. The number of fused-ring (bicyclic) bond motifs is 3. The maximum Gasteiger partial charge on any atom is 0.258 e. The number of nitrogens with zero attached hydrogens (tertiary/aromatic N) is 1. The van der Waals surface area contributed by atoms with Gasteiger partial charge < -0.3 is 5.32 Å². The Morgan fingerprint density at radius 1 is 1.00 bits per heavy atom. The van der Waals surface area contributed by atoms with Crippen molar-refractivity contribution in [1.82, 2.24) is 4.98 Å². The maximum absolute atomic E-state index is 13.5. The Morgan fingerprint density at radius 3 is 2.60 bits per heavy atom. The molecule has 2 heterocycles. The van der Waals surface area contributed by atoms with Gasteiger partial charge in [0, 0.05) is 21.5 Å². The van der Waals surface area contributed by atoms with Gasteiger partial charge in [-0.3, -0.25) is 4.79 Å². The van der Waals surface area contributed by atoms with E-state index in [0.717, 1.165) is 45.7 Å². The molecule has 1 N–H and O–H groups in total. The number of aryl methyl sites for hydroxylation is 4. The third-order valence-corrected chi connectivity index (χ3v) is 7.03. The minimum absolute atomic E-state index is 0.0953. The average Bonchev–Trinajstić information content (AvgIpc) is 3.11. The molecule has 1 aliphatic carbocycles. The monoisotopic (exact) mass is 412 g/mol. The number of carbonyl (C=O) groups excluding carboxylic acids is 1. The molecular formula is C26H24N2OS. The number of hydrogen-bond donors (Lipinski definition) is 1. The van der Waals surface area contributed by atoms with E-state index < -0.39 is 0 Å². The Balaban J connectivity index is 1.74. The van der Waals surface area contributed by atoms with Gasteiger partial charge in [0.1, 0.15) is 4.83 Å². The number of benzene rings is 2. The first-order chi connectivity index (χ1) is 14.6. The van der Waals surface area contributed by atoms with E-state index in [-0.39, 0.29) is 5.91 Å². The van der Waals surface area contributed by atoms with E-state index in [9.17, 15) is 4.79 Å². The number of rotatable bonds is 3. The molecule has 3 nitrogen and oxygen atoms in total. The lowest BCUT2D eigenvalue weighted by Gasteiger charge is -2.17. The number of pyridine rings is 1. The summed E-state index contributed by atoms with van der Waals surface area (Å²) in [7, 11) is 0. The molecule has 2 aromatic heterocycles. The number of aromatic nitrogens is 1. The number of nitrogens with one attached hydrogen (secondary N) is 1. The first-order valence-corrected chi connectivity index (χ1v) is 11.3. The van der Waals surface area contributed by atoms with Crippen molar-refractivity contribution in [2.45, 2.75) is 39.5 Å². The van der Waals surface area contributed by atoms with E-state index in [4.69, 9.17) is 4.98 Å².